The van der Waals surface area contributed by atoms with Crippen LogP contribution in [0.3, 0.4) is 0 Å². The van der Waals surface area contributed by atoms with Crippen molar-refractivity contribution in [1.82, 2.24) is 10.2 Å². The normalized spacial score (nSPS) is 12.9. The number of likely N-dealkylation sites (N-methyl/N-ethyl adjacent to an activating group) is 1. The summed E-state index contributed by atoms with van der Waals surface area (Å²) in [6, 6.07) is 6.04. The van der Waals surface area contributed by atoms with E-state index in [1.54, 1.807) is 25.9 Å². The monoisotopic (exact) mass is 292 g/mol. The van der Waals surface area contributed by atoms with Crippen LogP contribution < -0.4 is 10.1 Å². The quantitative estimate of drug-likeness (QED) is 0.907. The Balaban J connectivity index is 2.89. The van der Waals surface area contributed by atoms with Crippen LogP contribution in [-0.4, -0.2) is 36.5 Å². The van der Waals surface area contributed by atoms with Gasteiger partial charge in [-0.15, -0.1) is 0 Å². The molecule has 1 atom stereocenters. The van der Waals surface area contributed by atoms with Crippen molar-refractivity contribution < 1.29 is 9.53 Å². The molecule has 1 aromatic rings. The summed E-state index contributed by atoms with van der Waals surface area (Å²) in [4.78, 5) is 13.5. The van der Waals surface area contributed by atoms with Gasteiger partial charge >= 0.3 is 0 Å². The molecule has 1 rings (SSSR count). The Bertz CT molecular complexity index is 490. The van der Waals surface area contributed by atoms with Crippen molar-refractivity contribution in [3.63, 3.8) is 0 Å². The lowest BCUT2D eigenvalue weighted by Gasteiger charge is -2.23. The Labute approximate surface area is 128 Å². The predicted octanol–water partition coefficient (Wildman–Crippen LogP) is 2.74. The largest absolute Gasteiger partial charge is 0.481 e. The molecule has 0 fully saturated rings. The molecule has 21 heavy (non-hydrogen) atoms. The molecule has 0 heterocycles. The number of ether oxygens (including phenoxy) is 1. The molecule has 4 nitrogen and oxygen atoms in total. The lowest BCUT2D eigenvalue weighted by Crippen LogP contribution is -2.36. The molecule has 0 aliphatic rings. The molecule has 0 spiro atoms. The van der Waals surface area contributed by atoms with E-state index in [0.717, 1.165) is 11.3 Å². The fourth-order valence-electron chi connectivity index (χ4n) is 1.93. The molecule has 1 N–H and O–H groups in total. The van der Waals surface area contributed by atoms with Gasteiger partial charge in [0.05, 0.1) is 0 Å². The third kappa shape index (κ3) is 5.76. The SMILES string of the molecule is Cc1ccc(OC(C)C(=O)N(C)C)c(CNC(C)(C)C)c1. The lowest BCUT2D eigenvalue weighted by atomic mass is 10.1. The smallest absolute Gasteiger partial charge is 0.262 e. The zero-order chi connectivity index (χ0) is 16.2. The molecule has 0 radical (unpaired) electrons. The van der Waals surface area contributed by atoms with Crippen molar-refractivity contribution in [3.8, 4) is 5.75 Å². The van der Waals surface area contributed by atoms with Crippen LogP contribution in [0.1, 0.15) is 38.8 Å². The van der Waals surface area contributed by atoms with Crippen molar-refractivity contribution in [2.24, 2.45) is 0 Å². The summed E-state index contributed by atoms with van der Waals surface area (Å²) < 4.78 is 5.86. The maximum absolute atomic E-state index is 11.9. The minimum Gasteiger partial charge on any atom is -0.481 e. The highest BCUT2D eigenvalue weighted by Gasteiger charge is 2.18. The van der Waals surface area contributed by atoms with Crippen LogP contribution in [0, 0.1) is 6.92 Å². The molecule has 0 bridgehead atoms. The third-order valence-electron chi connectivity index (χ3n) is 3.12. The van der Waals surface area contributed by atoms with Crippen LogP contribution in [0.2, 0.25) is 0 Å². The maximum Gasteiger partial charge on any atom is 0.262 e. The zero-order valence-corrected chi connectivity index (χ0v) is 14.3. The van der Waals surface area contributed by atoms with Gasteiger partial charge in [0, 0.05) is 31.7 Å². The topological polar surface area (TPSA) is 41.6 Å². The van der Waals surface area contributed by atoms with Gasteiger partial charge in [0.25, 0.3) is 5.91 Å². The second kappa shape index (κ2) is 6.94. The molecule has 1 unspecified atom stereocenters. The summed E-state index contributed by atoms with van der Waals surface area (Å²) in [7, 11) is 3.47. The lowest BCUT2D eigenvalue weighted by molar-refractivity contribution is -0.135. The number of aryl methyl sites for hydroxylation is 1. The van der Waals surface area contributed by atoms with Gasteiger partial charge in [0.2, 0.25) is 0 Å². The summed E-state index contributed by atoms with van der Waals surface area (Å²) in [6.45, 7) is 10.9. The van der Waals surface area contributed by atoms with Gasteiger partial charge in [-0.2, -0.15) is 0 Å². The first-order valence-electron chi connectivity index (χ1n) is 7.32. The molecule has 0 aliphatic carbocycles. The standard InChI is InChI=1S/C17H28N2O2/c1-12-8-9-15(21-13(2)16(20)19(6)7)14(10-12)11-18-17(3,4)5/h8-10,13,18H,11H2,1-7H3. The number of carbonyl (C=O) groups is 1. The molecule has 0 saturated heterocycles. The van der Waals surface area contributed by atoms with Crippen LogP contribution in [0.15, 0.2) is 18.2 Å². The summed E-state index contributed by atoms with van der Waals surface area (Å²) in [5.41, 5.74) is 2.29. The van der Waals surface area contributed by atoms with E-state index in [9.17, 15) is 4.79 Å². The van der Waals surface area contributed by atoms with Crippen molar-refractivity contribution in [2.75, 3.05) is 14.1 Å². The molecule has 0 aliphatic heterocycles. The number of benzene rings is 1. The molecule has 0 aromatic heterocycles. The summed E-state index contributed by atoms with van der Waals surface area (Å²) in [5.74, 6) is 0.727. The van der Waals surface area contributed by atoms with E-state index in [-0.39, 0.29) is 11.4 Å². The molecule has 4 heteroatoms. The fourth-order valence-corrected chi connectivity index (χ4v) is 1.93. The summed E-state index contributed by atoms with van der Waals surface area (Å²) in [6.07, 6.45) is -0.490. The molecular weight excluding hydrogens is 264 g/mol. The number of nitrogens with zero attached hydrogens (tertiary/aromatic N) is 1. The first-order chi connectivity index (χ1) is 9.60. The van der Waals surface area contributed by atoms with Crippen LogP contribution in [0.25, 0.3) is 0 Å². The second-order valence-corrected chi connectivity index (χ2v) is 6.71. The predicted molar refractivity (Wildman–Crippen MR) is 86.6 cm³/mol. The Hall–Kier alpha value is -1.55. The van der Waals surface area contributed by atoms with Gasteiger partial charge in [-0.1, -0.05) is 17.7 Å². The second-order valence-electron chi connectivity index (χ2n) is 6.71. The molecule has 1 amide bonds. The highest BCUT2D eigenvalue weighted by atomic mass is 16.5. The van der Waals surface area contributed by atoms with Crippen molar-refractivity contribution >= 4 is 5.91 Å². The van der Waals surface area contributed by atoms with Gasteiger partial charge in [-0.25, -0.2) is 0 Å². The van der Waals surface area contributed by atoms with E-state index in [2.05, 4.69) is 39.1 Å². The average Bonchev–Trinajstić information content (AvgIpc) is 2.36. The summed E-state index contributed by atoms with van der Waals surface area (Å²) in [5, 5.41) is 3.46. The van der Waals surface area contributed by atoms with Gasteiger partial charge in [0.1, 0.15) is 5.75 Å². The van der Waals surface area contributed by atoms with E-state index in [1.165, 1.54) is 5.56 Å². The van der Waals surface area contributed by atoms with Crippen LogP contribution in [-0.2, 0) is 11.3 Å². The maximum atomic E-state index is 11.9. The van der Waals surface area contributed by atoms with Crippen LogP contribution in [0.4, 0.5) is 0 Å². The van der Waals surface area contributed by atoms with E-state index in [0.29, 0.717) is 6.54 Å². The number of nitrogens with one attached hydrogen (secondary N) is 1. The Morgan fingerprint density at radius 1 is 1.33 bits per heavy atom. The molecule has 1 aromatic carbocycles. The summed E-state index contributed by atoms with van der Waals surface area (Å²) >= 11 is 0. The highest BCUT2D eigenvalue weighted by Crippen LogP contribution is 2.22. The fraction of sp³-hybridized carbons (Fsp3) is 0.588. The highest BCUT2D eigenvalue weighted by molar-refractivity contribution is 5.80. The van der Waals surface area contributed by atoms with E-state index in [1.807, 2.05) is 12.1 Å². The van der Waals surface area contributed by atoms with E-state index >= 15 is 0 Å². The van der Waals surface area contributed by atoms with Crippen molar-refractivity contribution in [1.29, 1.82) is 0 Å². The van der Waals surface area contributed by atoms with E-state index in [4.69, 9.17) is 4.74 Å². The minimum atomic E-state index is -0.490. The van der Waals surface area contributed by atoms with Gasteiger partial charge in [-0.3, -0.25) is 4.79 Å². The minimum absolute atomic E-state index is 0.0338. The van der Waals surface area contributed by atoms with Crippen molar-refractivity contribution in [3.05, 3.63) is 29.3 Å². The number of hydrogen-bond acceptors (Lipinski definition) is 3. The van der Waals surface area contributed by atoms with Gasteiger partial charge in [-0.05, 0) is 40.7 Å². The van der Waals surface area contributed by atoms with Crippen LogP contribution >= 0.6 is 0 Å². The Kier molecular flexibility index (Phi) is 5.78. The van der Waals surface area contributed by atoms with Crippen molar-refractivity contribution in [2.45, 2.75) is 52.8 Å². The molecule has 118 valence electrons. The average molecular weight is 292 g/mol. The number of amides is 1. The Morgan fingerprint density at radius 2 is 1.95 bits per heavy atom. The number of hydrogen-bond donors (Lipinski definition) is 1. The van der Waals surface area contributed by atoms with Crippen LogP contribution in [0.5, 0.6) is 5.75 Å². The van der Waals surface area contributed by atoms with Gasteiger partial charge in [0.15, 0.2) is 6.10 Å². The third-order valence-corrected chi connectivity index (χ3v) is 3.12. The molecular formula is C17H28N2O2. The van der Waals surface area contributed by atoms with E-state index < -0.39 is 6.10 Å². The number of carbonyl (C=O) groups excluding carboxylic acids is 1. The van der Waals surface area contributed by atoms with Gasteiger partial charge < -0.3 is 15.0 Å². The number of rotatable bonds is 5. The zero-order valence-electron chi connectivity index (χ0n) is 14.3. The first kappa shape index (κ1) is 17.5. The Morgan fingerprint density at radius 3 is 2.48 bits per heavy atom. The first-order valence-corrected chi connectivity index (χ1v) is 7.32. The molecule has 0 saturated carbocycles.